The van der Waals surface area contributed by atoms with Gasteiger partial charge >= 0.3 is 0 Å². The summed E-state index contributed by atoms with van der Waals surface area (Å²) in [5.74, 6) is -0.125. The lowest BCUT2D eigenvalue weighted by atomic mass is 10.1. The normalized spacial score (nSPS) is 16.5. The van der Waals surface area contributed by atoms with E-state index in [-0.39, 0.29) is 23.5 Å². The van der Waals surface area contributed by atoms with Crippen LogP contribution in [-0.2, 0) is 27.3 Å². The maximum atomic E-state index is 13.2. The Morgan fingerprint density at radius 2 is 1.66 bits per heavy atom. The van der Waals surface area contributed by atoms with Crippen LogP contribution in [0, 0.1) is 11.7 Å². The van der Waals surface area contributed by atoms with Crippen molar-refractivity contribution >= 4 is 17.5 Å². The molecule has 2 aromatic rings. The molecule has 2 aromatic carbocycles. The largest absolute Gasteiger partial charge is 0.379 e. The number of hydrogen-bond acceptors (Lipinski definition) is 4. The zero-order chi connectivity index (χ0) is 22.3. The first-order chi connectivity index (χ1) is 15.6. The van der Waals surface area contributed by atoms with Crippen LogP contribution in [0.2, 0.25) is 0 Å². The average Bonchev–Trinajstić information content (AvgIpc) is 3.65. The molecule has 2 fully saturated rings. The fourth-order valence-corrected chi connectivity index (χ4v) is 3.84. The van der Waals surface area contributed by atoms with E-state index in [1.807, 2.05) is 24.3 Å². The lowest BCUT2D eigenvalue weighted by Crippen LogP contribution is -2.41. The highest BCUT2D eigenvalue weighted by Gasteiger charge is 2.34. The van der Waals surface area contributed by atoms with E-state index in [0.29, 0.717) is 19.5 Å². The van der Waals surface area contributed by atoms with Gasteiger partial charge in [0.25, 0.3) is 0 Å². The zero-order valence-corrected chi connectivity index (χ0v) is 18.3. The van der Waals surface area contributed by atoms with Gasteiger partial charge in [-0.05, 0) is 48.2 Å². The third kappa shape index (κ3) is 6.37. The number of amides is 2. The Morgan fingerprint density at radius 1 is 1.00 bits per heavy atom. The average molecular weight is 440 g/mol. The second kappa shape index (κ2) is 10.7. The molecule has 0 bridgehead atoms. The third-order valence-corrected chi connectivity index (χ3v) is 5.91. The van der Waals surface area contributed by atoms with Crippen LogP contribution in [0.3, 0.4) is 0 Å². The van der Waals surface area contributed by atoms with Crippen LogP contribution < -0.4 is 10.2 Å². The molecule has 32 heavy (non-hydrogen) atoms. The number of ether oxygens (including phenoxy) is 1. The number of halogens is 1. The standard InChI is InChI=1S/C25H30FN3O3/c26-22-7-1-20(2-8-22)18-29(25(31)21-5-6-21)23-9-3-19(4-10-23)17-24(30)27-11-12-28-13-15-32-16-14-28/h1-4,7-10,21H,5-6,11-18H2,(H,27,30). The molecule has 0 unspecified atom stereocenters. The number of nitrogens with zero attached hydrogens (tertiary/aromatic N) is 2. The Morgan fingerprint density at radius 3 is 2.31 bits per heavy atom. The monoisotopic (exact) mass is 439 g/mol. The number of benzene rings is 2. The van der Waals surface area contributed by atoms with Crippen molar-refractivity contribution in [2.75, 3.05) is 44.3 Å². The fraction of sp³-hybridized carbons (Fsp3) is 0.440. The van der Waals surface area contributed by atoms with Crippen LogP contribution in [0.4, 0.5) is 10.1 Å². The minimum absolute atomic E-state index is 0.0109. The number of hydrogen-bond donors (Lipinski definition) is 1. The van der Waals surface area contributed by atoms with E-state index < -0.39 is 0 Å². The molecule has 1 N–H and O–H groups in total. The molecule has 1 saturated carbocycles. The molecule has 2 aliphatic rings. The summed E-state index contributed by atoms with van der Waals surface area (Å²) in [5, 5.41) is 2.98. The minimum atomic E-state index is -0.290. The van der Waals surface area contributed by atoms with Gasteiger partial charge in [0.2, 0.25) is 11.8 Å². The number of morpholine rings is 1. The first-order valence-electron chi connectivity index (χ1n) is 11.3. The molecule has 1 aliphatic heterocycles. The summed E-state index contributed by atoms with van der Waals surface area (Å²) in [6.07, 6.45) is 2.14. The predicted octanol–water partition coefficient (Wildman–Crippen LogP) is 2.76. The predicted molar refractivity (Wildman–Crippen MR) is 121 cm³/mol. The van der Waals surface area contributed by atoms with E-state index in [1.165, 1.54) is 12.1 Å². The van der Waals surface area contributed by atoms with Crippen molar-refractivity contribution in [2.24, 2.45) is 5.92 Å². The van der Waals surface area contributed by atoms with Crippen molar-refractivity contribution in [1.29, 1.82) is 0 Å². The van der Waals surface area contributed by atoms with Crippen molar-refractivity contribution in [3.63, 3.8) is 0 Å². The van der Waals surface area contributed by atoms with Gasteiger partial charge in [0.1, 0.15) is 5.82 Å². The quantitative estimate of drug-likeness (QED) is 0.653. The van der Waals surface area contributed by atoms with Crippen molar-refractivity contribution in [3.05, 3.63) is 65.5 Å². The Labute approximate surface area is 188 Å². The Kier molecular flexibility index (Phi) is 7.50. The van der Waals surface area contributed by atoms with Crippen LogP contribution in [0.25, 0.3) is 0 Å². The molecule has 0 atom stereocenters. The molecule has 1 heterocycles. The molecule has 0 aromatic heterocycles. The summed E-state index contributed by atoms with van der Waals surface area (Å²) >= 11 is 0. The van der Waals surface area contributed by atoms with Gasteiger partial charge in [0.15, 0.2) is 0 Å². The Bertz CT molecular complexity index is 907. The molecule has 170 valence electrons. The second-order valence-corrected chi connectivity index (χ2v) is 8.47. The second-order valence-electron chi connectivity index (χ2n) is 8.47. The Hall–Kier alpha value is -2.77. The summed E-state index contributed by atoms with van der Waals surface area (Å²) in [4.78, 5) is 29.2. The van der Waals surface area contributed by atoms with E-state index in [9.17, 15) is 14.0 Å². The molecule has 1 aliphatic carbocycles. The first kappa shape index (κ1) is 22.4. The molecule has 2 amide bonds. The maximum absolute atomic E-state index is 13.2. The van der Waals surface area contributed by atoms with Crippen molar-refractivity contribution < 1.29 is 18.7 Å². The molecule has 6 nitrogen and oxygen atoms in total. The highest BCUT2D eigenvalue weighted by molar-refractivity contribution is 5.96. The number of rotatable bonds is 9. The van der Waals surface area contributed by atoms with Gasteiger partial charge in [-0.1, -0.05) is 24.3 Å². The number of anilines is 1. The lowest BCUT2D eigenvalue weighted by molar-refractivity contribution is -0.121. The summed E-state index contributed by atoms with van der Waals surface area (Å²) < 4.78 is 18.6. The van der Waals surface area contributed by atoms with E-state index in [4.69, 9.17) is 4.74 Å². The summed E-state index contributed by atoms with van der Waals surface area (Å²) in [6, 6.07) is 13.8. The number of carbonyl (C=O) groups excluding carboxylic acids is 2. The summed E-state index contributed by atoms with van der Waals surface area (Å²) in [5.41, 5.74) is 2.57. The summed E-state index contributed by atoms with van der Waals surface area (Å²) in [7, 11) is 0. The van der Waals surface area contributed by atoms with Gasteiger partial charge in [-0.3, -0.25) is 14.5 Å². The molecule has 1 saturated heterocycles. The van der Waals surface area contributed by atoms with Crippen LogP contribution in [0.15, 0.2) is 48.5 Å². The van der Waals surface area contributed by atoms with Gasteiger partial charge in [0.05, 0.1) is 26.2 Å². The van der Waals surface area contributed by atoms with Gasteiger partial charge < -0.3 is 15.0 Å². The fourth-order valence-electron chi connectivity index (χ4n) is 3.84. The van der Waals surface area contributed by atoms with Crippen LogP contribution in [0.1, 0.15) is 24.0 Å². The topological polar surface area (TPSA) is 61.9 Å². The van der Waals surface area contributed by atoms with E-state index in [1.54, 1.807) is 17.0 Å². The van der Waals surface area contributed by atoms with Gasteiger partial charge in [-0.15, -0.1) is 0 Å². The van der Waals surface area contributed by atoms with E-state index in [2.05, 4.69) is 10.2 Å². The lowest BCUT2D eigenvalue weighted by Gasteiger charge is -2.26. The number of nitrogens with one attached hydrogen (secondary N) is 1. The number of carbonyl (C=O) groups is 2. The molecule has 4 rings (SSSR count). The Balaban J connectivity index is 1.32. The molecular formula is C25H30FN3O3. The smallest absolute Gasteiger partial charge is 0.230 e. The van der Waals surface area contributed by atoms with Crippen LogP contribution in [-0.4, -0.2) is 56.1 Å². The van der Waals surface area contributed by atoms with E-state index in [0.717, 1.165) is 62.5 Å². The van der Waals surface area contributed by atoms with Crippen molar-refractivity contribution in [2.45, 2.75) is 25.8 Å². The molecule has 7 heteroatoms. The van der Waals surface area contributed by atoms with Crippen LogP contribution >= 0.6 is 0 Å². The van der Waals surface area contributed by atoms with Gasteiger partial charge in [-0.25, -0.2) is 4.39 Å². The van der Waals surface area contributed by atoms with E-state index >= 15 is 0 Å². The molecule has 0 radical (unpaired) electrons. The maximum Gasteiger partial charge on any atom is 0.230 e. The third-order valence-electron chi connectivity index (χ3n) is 5.91. The highest BCUT2D eigenvalue weighted by atomic mass is 19.1. The van der Waals surface area contributed by atoms with Crippen LogP contribution in [0.5, 0.6) is 0 Å². The zero-order valence-electron chi connectivity index (χ0n) is 18.3. The van der Waals surface area contributed by atoms with Gasteiger partial charge in [-0.2, -0.15) is 0 Å². The van der Waals surface area contributed by atoms with Crippen molar-refractivity contribution in [1.82, 2.24) is 10.2 Å². The molecule has 0 spiro atoms. The van der Waals surface area contributed by atoms with Crippen molar-refractivity contribution in [3.8, 4) is 0 Å². The minimum Gasteiger partial charge on any atom is -0.379 e. The van der Waals surface area contributed by atoms with Gasteiger partial charge in [0, 0.05) is 37.8 Å². The molecular weight excluding hydrogens is 409 g/mol. The summed E-state index contributed by atoms with van der Waals surface area (Å²) in [6.45, 7) is 5.17. The highest BCUT2D eigenvalue weighted by Crippen LogP contribution is 2.33. The first-order valence-corrected chi connectivity index (χ1v) is 11.3. The SMILES string of the molecule is O=C(Cc1ccc(N(Cc2ccc(F)cc2)C(=O)C2CC2)cc1)NCCN1CCOCC1.